The Hall–Kier alpha value is -0.990. The number of hydrogen-bond acceptors (Lipinski definition) is 2. The van der Waals surface area contributed by atoms with Crippen LogP contribution in [0.5, 0.6) is 0 Å². The second-order valence-corrected chi connectivity index (χ2v) is 6.23. The Labute approximate surface area is 110 Å². The standard InChI is InChI=1S/C15H25N3/c1-12-2-4-13(5-3-12)8-9-16-15-17-10-11-18(15)14-6-7-14/h10-14H,2-9H2,1H3,(H,16,17). The van der Waals surface area contributed by atoms with Crippen molar-refractivity contribution in [3.05, 3.63) is 12.4 Å². The number of nitrogens with one attached hydrogen (secondary N) is 1. The Balaban J connectivity index is 1.42. The number of imidazole rings is 1. The summed E-state index contributed by atoms with van der Waals surface area (Å²) in [5.74, 6) is 2.99. The van der Waals surface area contributed by atoms with E-state index < -0.39 is 0 Å². The molecule has 2 aliphatic rings. The maximum Gasteiger partial charge on any atom is 0.203 e. The van der Waals surface area contributed by atoms with E-state index in [2.05, 4.69) is 28.0 Å². The highest BCUT2D eigenvalue weighted by Crippen LogP contribution is 2.36. The molecule has 3 nitrogen and oxygen atoms in total. The molecule has 100 valence electrons. The monoisotopic (exact) mass is 247 g/mol. The van der Waals surface area contributed by atoms with E-state index in [-0.39, 0.29) is 0 Å². The molecule has 2 saturated carbocycles. The molecule has 3 rings (SSSR count). The van der Waals surface area contributed by atoms with E-state index in [0.717, 1.165) is 30.4 Å². The van der Waals surface area contributed by atoms with Crippen LogP contribution in [0.3, 0.4) is 0 Å². The predicted molar refractivity (Wildman–Crippen MR) is 74.7 cm³/mol. The average molecular weight is 247 g/mol. The Morgan fingerprint density at radius 3 is 2.72 bits per heavy atom. The van der Waals surface area contributed by atoms with Crippen LogP contribution in [-0.2, 0) is 0 Å². The second-order valence-electron chi connectivity index (χ2n) is 6.23. The van der Waals surface area contributed by atoms with Gasteiger partial charge in [0.15, 0.2) is 0 Å². The van der Waals surface area contributed by atoms with Crippen molar-refractivity contribution in [3.63, 3.8) is 0 Å². The van der Waals surface area contributed by atoms with Crippen LogP contribution in [-0.4, -0.2) is 16.1 Å². The van der Waals surface area contributed by atoms with Gasteiger partial charge in [-0.1, -0.05) is 32.6 Å². The van der Waals surface area contributed by atoms with E-state index in [1.165, 1.54) is 44.9 Å². The van der Waals surface area contributed by atoms with Gasteiger partial charge < -0.3 is 9.88 Å². The lowest BCUT2D eigenvalue weighted by Gasteiger charge is -2.26. The van der Waals surface area contributed by atoms with E-state index in [0.29, 0.717) is 0 Å². The van der Waals surface area contributed by atoms with Gasteiger partial charge in [0.1, 0.15) is 0 Å². The molecule has 2 aliphatic carbocycles. The molecule has 1 aromatic heterocycles. The van der Waals surface area contributed by atoms with Crippen molar-refractivity contribution in [2.75, 3.05) is 11.9 Å². The zero-order valence-corrected chi connectivity index (χ0v) is 11.4. The minimum Gasteiger partial charge on any atom is -0.356 e. The lowest BCUT2D eigenvalue weighted by Crippen LogP contribution is -2.16. The number of hydrogen-bond donors (Lipinski definition) is 1. The van der Waals surface area contributed by atoms with Crippen LogP contribution in [0.25, 0.3) is 0 Å². The van der Waals surface area contributed by atoms with Crippen molar-refractivity contribution < 1.29 is 0 Å². The van der Waals surface area contributed by atoms with E-state index in [1.807, 2.05) is 6.20 Å². The normalized spacial score (nSPS) is 28.3. The van der Waals surface area contributed by atoms with Crippen molar-refractivity contribution in [1.29, 1.82) is 0 Å². The molecule has 0 spiro atoms. The van der Waals surface area contributed by atoms with Crippen LogP contribution in [0.15, 0.2) is 12.4 Å². The molecule has 0 bridgehead atoms. The Morgan fingerprint density at radius 2 is 2.00 bits per heavy atom. The summed E-state index contributed by atoms with van der Waals surface area (Å²) in [5, 5.41) is 3.52. The molecule has 0 aliphatic heterocycles. The molecule has 0 saturated heterocycles. The van der Waals surface area contributed by atoms with Crippen molar-refractivity contribution in [3.8, 4) is 0 Å². The van der Waals surface area contributed by atoms with E-state index in [4.69, 9.17) is 0 Å². The highest BCUT2D eigenvalue weighted by atomic mass is 15.2. The summed E-state index contributed by atoms with van der Waals surface area (Å²) in [6.07, 6.45) is 13.7. The van der Waals surface area contributed by atoms with E-state index >= 15 is 0 Å². The van der Waals surface area contributed by atoms with Gasteiger partial charge in [-0.15, -0.1) is 0 Å². The third-order valence-corrected chi connectivity index (χ3v) is 4.58. The molecule has 0 amide bonds. The van der Waals surface area contributed by atoms with Crippen LogP contribution in [0.4, 0.5) is 5.95 Å². The van der Waals surface area contributed by atoms with Gasteiger partial charge in [-0.3, -0.25) is 0 Å². The van der Waals surface area contributed by atoms with Gasteiger partial charge in [-0.05, 0) is 31.1 Å². The Morgan fingerprint density at radius 1 is 1.22 bits per heavy atom. The van der Waals surface area contributed by atoms with E-state index in [1.54, 1.807) is 0 Å². The first-order valence-electron chi connectivity index (χ1n) is 7.59. The number of nitrogens with zero attached hydrogens (tertiary/aromatic N) is 2. The first kappa shape index (κ1) is 12.1. The van der Waals surface area contributed by atoms with Crippen LogP contribution in [0.2, 0.25) is 0 Å². The lowest BCUT2D eigenvalue weighted by molar-refractivity contribution is 0.281. The van der Waals surface area contributed by atoms with Crippen molar-refractivity contribution in [2.24, 2.45) is 11.8 Å². The molecule has 0 radical (unpaired) electrons. The quantitative estimate of drug-likeness (QED) is 0.856. The van der Waals surface area contributed by atoms with Crippen LogP contribution >= 0.6 is 0 Å². The maximum absolute atomic E-state index is 4.42. The first-order valence-corrected chi connectivity index (χ1v) is 7.59. The van der Waals surface area contributed by atoms with Gasteiger partial charge in [0.05, 0.1) is 0 Å². The van der Waals surface area contributed by atoms with Crippen molar-refractivity contribution in [1.82, 2.24) is 9.55 Å². The molecular formula is C15H25N3. The number of anilines is 1. The largest absolute Gasteiger partial charge is 0.356 e. The summed E-state index contributed by atoms with van der Waals surface area (Å²) in [6.45, 7) is 3.48. The highest BCUT2D eigenvalue weighted by Gasteiger charge is 2.25. The topological polar surface area (TPSA) is 29.9 Å². The number of aromatic nitrogens is 2. The van der Waals surface area contributed by atoms with E-state index in [9.17, 15) is 0 Å². The minimum atomic E-state index is 0.727. The third-order valence-electron chi connectivity index (χ3n) is 4.58. The summed E-state index contributed by atoms with van der Waals surface area (Å²) in [4.78, 5) is 4.42. The summed E-state index contributed by atoms with van der Waals surface area (Å²) in [7, 11) is 0. The first-order chi connectivity index (χ1) is 8.83. The van der Waals surface area contributed by atoms with Crippen LogP contribution in [0.1, 0.15) is 57.9 Å². The lowest BCUT2D eigenvalue weighted by atomic mass is 9.81. The molecule has 0 atom stereocenters. The fourth-order valence-electron chi connectivity index (χ4n) is 3.10. The summed E-state index contributed by atoms with van der Waals surface area (Å²) in [6, 6.07) is 0.727. The predicted octanol–water partition coefficient (Wildman–Crippen LogP) is 3.85. The molecular weight excluding hydrogens is 222 g/mol. The fraction of sp³-hybridized carbons (Fsp3) is 0.800. The summed E-state index contributed by atoms with van der Waals surface area (Å²) < 4.78 is 2.31. The smallest absolute Gasteiger partial charge is 0.203 e. The molecule has 2 fully saturated rings. The zero-order valence-electron chi connectivity index (χ0n) is 11.4. The molecule has 1 N–H and O–H groups in total. The highest BCUT2D eigenvalue weighted by molar-refractivity contribution is 5.27. The maximum atomic E-state index is 4.42. The Kier molecular flexibility index (Phi) is 3.57. The molecule has 1 aromatic rings. The molecule has 0 aromatic carbocycles. The molecule has 3 heteroatoms. The van der Waals surface area contributed by atoms with Gasteiger partial charge in [0.2, 0.25) is 5.95 Å². The van der Waals surface area contributed by atoms with Crippen molar-refractivity contribution >= 4 is 5.95 Å². The number of rotatable bonds is 5. The SMILES string of the molecule is CC1CCC(CCNc2nccn2C2CC2)CC1. The van der Waals surface area contributed by atoms with Gasteiger partial charge in [-0.2, -0.15) is 0 Å². The van der Waals surface area contributed by atoms with Gasteiger partial charge in [0, 0.05) is 25.0 Å². The van der Waals surface area contributed by atoms with Crippen molar-refractivity contribution in [2.45, 2.75) is 57.9 Å². The second kappa shape index (κ2) is 5.33. The minimum absolute atomic E-state index is 0.727. The summed E-state index contributed by atoms with van der Waals surface area (Å²) in [5.41, 5.74) is 0. The Bertz CT molecular complexity index is 373. The van der Waals surface area contributed by atoms with Gasteiger partial charge in [-0.25, -0.2) is 4.98 Å². The zero-order chi connectivity index (χ0) is 12.4. The van der Waals surface area contributed by atoms with Crippen LogP contribution in [0, 0.1) is 11.8 Å². The fourth-order valence-corrected chi connectivity index (χ4v) is 3.10. The van der Waals surface area contributed by atoms with Gasteiger partial charge >= 0.3 is 0 Å². The summed E-state index contributed by atoms with van der Waals surface area (Å²) >= 11 is 0. The average Bonchev–Trinajstić information content (AvgIpc) is 3.12. The third kappa shape index (κ3) is 2.88. The van der Waals surface area contributed by atoms with Crippen LogP contribution < -0.4 is 5.32 Å². The molecule has 18 heavy (non-hydrogen) atoms. The van der Waals surface area contributed by atoms with Gasteiger partial charge in [0.25, 0.3) is 0 Å². The molecule has 0 unspecified atom stereocenters. The molecule has 1 heterocycles.